The van der Waals surface area contributed by atoms with E-state index in [-0.39, 0.29) is 13.0 Å². The van der Waals surface area contributed by atoms with Crippen molar-refractivity contribution in [1.29, 1.82) is 0 Å². The third-order valence-electron chi connectivity index (χ3n) is 5.04. The number of aryl methyl sites for hydroxylation is 1. The number of amides is 1. The van der Waals surface area contributed by atoms with Gasteiger partial charge in [-0.2, -0.15) is 5.10 Å². The highest BCUT2D eigenvalue weighted by Crippen LogP contribution is 2.32. The molecule has 176 valence electrons. The Balaban J connectivity index is 1.65. The summed E-state index contributed by atoms with van der Waals surface area (Å²) in [4.78, 5) is 12.8. The van der Waals surface area contributed by atoms with Crippen molar-refractivity contribution in [3.63, 3.8) is 0 Å². The van der Waals surface area contributed by atoms with E-state index in [9.17, 15) is 13.2 Å². The number of carbonyl (C=O) groups is 1. The van der Waals surface area contributed by atoms with Crippen LogP contribution in [0.1, 0.15) is 18.4 Å². The minimum atomic E-state index is -3.78. The summed E-state index contributed by atoms with van der Waals surface area (Å²) in [6.45, 7) is 0.333. The van der Waals surface area contributed by atoms with Gasteiger partial charge in [0.05, 0.1) is 32.7 Å². The van der Waals surface area contributed by atoms with Crippen LogP contribution in [0.5, 0.6) is 11.5 Å². The lowest BCUT2D eigenvalue weighted by molar-refractivity contribution is -0.127. The van der Waals surface area contributed by atoms with Gasteiger partial charge in [-0.05, 0) is 30.7 Å². The molecule has 0 bridgehead atoms. The van der Waals surface area contributed by atoms with E-state index >= 15 is 0 Å². The van der Waals surface area contributed by atoms with Crippen LogP contribution in [0.4, 0.5) is 0 Å². The van der Waals surface area contributed by atoms with E-state index in [1.54, 1.807) is 35.0 Å². The maximum absolute atomic E-state index is 12.8. The van der Waals surface area contributed by atoms with Crippen LogP contribution in [0.3, 0.4) is 0 Å². The normalized spacial score (nSPS) is 11.3. The number of carbonyl (C=O) groups excluding carboxylic acids is 1. The summed E-state index contributed by atoms with van der Waals surface area (Å²) in [5, 5.41) is 5.16. The van der Waals surface area contributed by atoms with Crippen molar-refractivity contribution in [2.75, 3.05) is 20.5 Å². The number of aromatic nitrogens is 2. The van der Waals surface area contributed by atoms with E-state index in [0.29, 0.717) is 35.1 Å². The second-order valence-corrected chi connectivity index (χ2v) is 9.73. The molecular weight excluding hydrogens is 466 g/mol. The summed E-state index contributed by atoms with van der Waals surface area (Å²) in [5.41, 5.74) is 2.26. The van der Waals surface area contributed by atoms with Crippen LogP contribution in [-0.2, 0) is 27.9 Å². The molecule has 0 saturated heterocycles. The number of benzene rings is 2. The van der Waals surface area contributed by atoms with Gasteiger partial charge in [0.25, 0.3) is 0 Å². The van der Waals surface area contributed by atoms with Gasteiger partial charge in [0.15, 0.2) is 11.5 Å². The molecule has 0 aliphatic carbocycles. The molecule has 0 N–H and O–H groups in total. The average molecular weight is 492 g/mol. The van der Waals surface area contributed by atoms with Crippen molar-refractivity contribution in [2.24, 2.45) is 0 Å². The van der Waals surface area contributed by atoms with Crippen LogP contribution in [0, 0.1) is 0 Å². The number of para-hydroxylation sites is 1. The lowest BCUT2D eigenvalue weighted by atomic mass is 10.1. The van der Waals surface area contributed by atoms with Crippen molar-refractivity contribution < 1.29 is 22.7 Å². The first-order valence-electron chi connectivity index (χ1n) is 10.2. The van der Waals surface area contributed by atoms with Crippen molar-refractivity contribution in [2.45, 2.75) is 25.9 Å². The monoisotopic (exact) mass is 491 g/mol. The number of ether oxygens (including phenoxy) is 2. The van der Waals surface area contributed by atoms with Crippen LogP contribution < -0.4 is 9.47 Å². The molecule has 0 saturated carbocycles. The lowest BCUT2D eigenvalue weighted by Crippen LogP contribution is -2.35. The lowest BCUT2D eigenvalue weighted by Gasteiger charge is -2.22. The fourth-order valence-electron chi connectivity index (χ4n) is 3.40. The van der Waals surface area contributed by atoms with Crippen LogP contribution in [0.25, 0.3) is 11.3 Å². The van der Waals surface area contributed by atoms with Crippen molar-refractivity contribution in [1.82, 2.24) is 14.1 Å². The Bertz CT molecular complexity index is 1210. The van der Waals surface area contributed by atoms with Crippen molar-refractivity contribution in [3.05, 3.63) is 65.3 Å². The minimum absolute atomic E-state index is 0.0511. The highest BCUT2D eigenvalue weighted by atomic mass is 35.5. The molecule has 3 aromatic rings. The zero-order valence-corrected chi connectivity index (χ0v) is 20.3. The Labute approximate surface area is 198 Å². The Morgan fingerprint density at radius 3 is 2.45 bits per heavy atom. The largest absolute Gasteiger partial charge is 0.493 e. The molecular formula is C23H26ClN3O5S. The van der Waals surface area contributed by atoms with Crippen LogP contribution in [-0.4, -0.2) is 48.9 Å². The summed E-state index contributed by atoms with van der Waals surface area (Å²) in [6, 6.07) is 14.4. The maximum atomic E-state index is 12.8. The third-order valence-corrected chi connectivity index (χ3v) is 6.42. The topological polar surface area (TPSA) is 90.7 Å². The minimum Gasteiger partial charge on any atom is -0.493 e. The standard InChI is InChI=1S/C23H26ClN3O5S/c1-31-21-7-4-6-18(23(21)32-2)16-27(33(3,29)30)22(28)8-5-14-26-15-13-20(25-26)17-9-11-19(24)12-10-17/h4,6-7,9-13,15H,5,8,14,16H2,1-3H3. The molecule has 0 fully saturated rings. The Morgan fingerprint density at radius 2 is 1.82 bits per heavy atom. The first-order chi connectivity index (χ1) is 15.7. The molecule has 1 aromatic heterocycles. The zero-order valence-electron chi connectivity index (χ0n) is 18.7. The summed E-state index contributed by atoms with van der Waals surface area (Å²) in [5.74, 6) is 0.367. The quantitative estimate of drug-likeness (QED) is 0.426. The molecule has 1 amide bonds. The third kappa shape index (κ3) is 6.27. The summed E-state index contributed by atoms with van der Waals surface area (Å²) < 4.78 is 37.9. The molecule has 10 heteroatoms. The number of halogens is 1. The number of hydrogen-bond acceptors (Lipinski definition) is 6. The second kappa shape index (κ2) is 10.7. The van der Waals surface area contributed by atoms with E-state index in [4.69, 9.17) is 21.1 Å². The number of rotatable bonds is 10. The Hall–Kier alpha value is -3.04. The van der Waals surface area contributed by atoms with E-state index < -0.39 is 15.9 Å². The summed E-state index contributed by atoms with van der Waals surface area (Å²) >= 11 is 5.93. The highest BCUT2D eigenvalue weighted by Gasteiger charge is 2.25. The summed E-state index contributed by atoms with van der Waals surface area (Å²) in [6.07, 6.45) is 3.32. The molecule has 0 atom stereocenters. The number of methoxy groups -OCH3 is 2. The van der Waals surface area contributed by atoms with E-state index in [1.165, 1.54) is 14.2 Å². The molecule has 0 aliphatic heterocycles. The van der Waals surface area contributed by atoms with Crippen molar-refractivity contribution >= 4 is 27.5 Å². The van der Waals surface area contributed by atoms with E-state index in [1.807, 2.05) is 24.4 Å². The van der Waals surface area contributed by atoms with Crippen LogP contribution >= 0.6 is 11.6 Å². The molecule has 0 aliphatic rings. The molecule has 0 spiro atoms. The molecule has 0 radical (unpaired) electrons. The SMILES string of the molecule is COc1cccc(CN(C(=O)CCCn2ccc(-c3ccc(Cl)cc3)n2)S(C)(=O)=O)c1OC. The highest BCUT2D eigenvalue weighted by molar-refractivity contribution is 7.88. The predicted molar refractivity (Wildman–Crippen MR) is 127 cm³/mol. The van der Waals surface area contributed by atoms with Gasteiger partial charge < -0.3 is 9.47 Å². The van der Waals surface area contributed by atoms with E-state index in [2.05, 4.69) is 5.10 Å². The smallest absolute Gasteiger partial charge is 0.236 e. The predicted octanol–water partition coefficient (Wildman–Crippen LogP) is 3.99. The van der Waals surface area contributed by atoms with Gasteiger partial charge >= 0.3 is 0 Å². The number of nitrogens with zero attached hydrogens (tertiary/aromatic N) is 3. The van der Waals surface area contributed by atoms with Crippen LogP contribution in [0.2, 0.25) is 5.02 Å². The molecule has 0 unspecified atom stereocenters. The molecule has 2 aromatic carbocycles. The first-order valence-corrected chi connectivity index (χ1v) is 12.5. The molecule has 8 nitrogen and oxygen atoms in total. The van der Waals surface area contributed by atoms with Gasteiger partial charge in [-0.25, -0.2) is 12.7 Å². The number of hydrogen-bond donors (Lipinski definition) is 0. The van der Waals surface area contributed by atoms with E-state index in [0.717, 1.165) is 21.8 Å². The first kappa shape index (κ1) is 24.6. The van der Waals surface area contributed by atoms with Crippen LogP contribution in [0.15, 0.2) is 54.7 Å². The molecule has 1 heterocycles. The van der Waals surface area contributed by atoms with Gasteiger partial charge in [-0.3, -0.25) is 9.48 Å². The molecule has 3 rings (SSSR count). The molecule has 33 heavy (non-hydrogen) atoms. The van der Waals surface area contributed by atoms with Gasteiger partial charge in [0.1, 0.15) is 0 Å². The fourth-order valence-corrected chi connectivity index (χ4v) is 4.36. The van der Waals surface area contributed by atoms with Gasteiger partial charge in [0.2, 0.25) is 15.9 Å². The zero-order chi connectivity index (χ0) is 24.0. The van der Waals surface area contributed by atoms with Gasteiger partial charge in [-0.15, -0.1) is 0 Å². The van der Waals surface area contributed by atoms with Crippen molar-refractivity contribution in [3.8, 4) is 22.8 Å². The fraction of sp³-hybridized carbons (Fsp3) is 0.304. The summed E-state index contributed by atoms with van der Waals surface area (Å²) in [7, 11) is -0.820. The number of sulfonamides is 1. The maximum Gasteiger partial charge on any atom is 0.236 e. The Morgan fingerprint density at radius 1 is 1.09 bits per heavy atom. The van der Waals surface area contributed by atoms with Gasteiger partial charge in [-0.1, -0.05) is 35.9 Å². The Kier molecular flexibility index (Phi) is 7.99. The average Bonchev–Trinajstić information content (AvgIpc) is 3.25. The van der Waals surface area contributed by atoms with Gasteiger partial charge in [0, 0.05) is 35.3 Å². The second-order valence-electron chi connectivity index (χ2n) is 7.39.